The molecule has 1 fully saturated rings. The zero-order valence-electron chi connectivity index (χ0n) is 11.4. The van der Waals surface area contributed by atoms with E-state index in [1.165, 1.54) is 0 Å². The molecule has 1 heterocycles. The van der Waals surface area contributed by atoms with E-state index >= 15 is 0 Å². The van der Waals surface area contributed by atoms with E-state index in [1.807, 2.05) is 6.92 Å². The third-order valence-electron chi connectivity index (χ3n) is 2.81. The molecule has 1 saturated heterocycles. The molecule has 0 unspecified atom stereocenters. The molecule has 8 heteroatoms. The quantitative estimate of drug-likeness (QED) is 0.730. The van der Waals surface area contributed by atoms with Gasteiger partial charge in [0, 0.05) is 32.7 Å². The number of nitrogens with one attached hydrogen (secondary N) is 1. The molecule has 0 spiro atoms. The van der Waals surface area contributed by atoms with Crippen LogP contribution in [0.3, 0.4) is 0 Å². The molecule has 19 heavy (non-hydrogen) atoms. The molecule has 0 aromatic rings. The van der Waals surface area contributed by atoms with Gasteiger partial charge in [-0.05, 0) is 13.8 Å². The van der Waals surface area contributed by atoms with Crippen molar-refractivity contribution < 1.29 is 9.59 Å². The highest BCUT2D eigenvalue weighted by atomic mass is 35.5. The average molecular weight is 315 g/mol. The summed E-state index contributed by atoms with van der Waals surface area (Å²) in [6.45, 7) is 7.43. The first-order valence-corrected chi connectivity index (χ1v) is 6.08. The average Bonchev–Trinajstić information content (AvgIpc) is 2.29. The predicted molar refractivity (Wildman–Crippen MR) is 79.8 cm³/mol. The lowest BCUT2D eigenvalue weighted by atomic mass is 10.2. The smallest absolute Gasteiger partial charge is 0.239 e. The van der Waals surface area contributed by atoms with E-state index in [4.69, 9.17) is 5.73 Å². The number of hydrogen-bond donors (Lipinski definition) is 2. The van der Waals surface area contributed by atoms with Crippen LogP contribution in [0, 0.1) is 0 Å². The maximum absolute atomic E-state index is 11.6. The summed E-state index contributed by atoms with van der Waals surface area (Å²) in [5, 5.41) is 2.76. The van der Waals surface area contributed by atoms with Crippen LogP contribution in [0.4, 0.5) is 0 Å². The van der Waals surface area contributed by atoms with Crippen molar-refractivity contribution in [3.05, 3.63) is 0 Å². The van der Waals surface area contributed by atoms with Crippen LogP contribution in [-0.2, 0) is 9.59 Å². The summed E-state index contributed by atoms with van der Waals surface area (Å²) < 4.78 is 0. The van der Waals surface area contributed by atoms with Gasteiger partial charge in [-0.25, -0.2) is 0 Å². The lowest BCUT2D eigenvalue weighted by Gasteiger charge is -2.35. The van der Waals surface area contributed by atoms with Crippen molar-refractivity contribution in [2.75, 3.05) is 39.3 Å². The molecule has 1 atom stereocenters. The number of hydrogen-bond acceptors (Lipinski definition) is 4. The summed E-state index contributed by atoms with van der Waals surface area (Å²) in [7, 11) is 0. The van der Waals surface area contributed by atoms with Crippen molar-refractivity contribution in [2.24, 2.45) is 5.73 Å². The van der Waals surface area contributed by atoms with Crippen LogP contribution in [0.5, 0.6) is 0 Å². The lowest BCUT2D eigenvalue weighted by molar-refractivity contribution is -0.134. The summed E-state index contributed by atoms with van der Waals surface area (Å²) in [6.07, 6.45) is 0. The fraction of sp³-hybridized carbons (Fsp3) is 0.818. The summed E-state index contributed by atoms with van der Waals surface area (Å²) in [6, 6.07) is -0.440. The number of piperazine rings is 1. The molecule has 1 rings (SSSR count). The number of nitrogens with zero attached hydrogens (tertiary/aromatic N) is 2. The van der Waals surface area contributed by atoms with Gasteiger partial charge in [0.2, 0.25) is 11.8 Å². The topological polar surface area (TPSA) is 78.7 Å². The van der Waals surface area contributed by atoms with Gasteiger partial charge in [0.1, 0.15) is 0 Å². The molecular formula is C11H24Cl2N4O2. The van der Waals surface area contributed by atoms with Crippen molar-refractivity contribution in [3.8, 4) is 0 Å². The highest BCUT2D eigenvalue weighted by Gasteiger charge is 2.23. The zero-order valence-corrected chi connectivity index (χ0v) is 13.1. The fourth-order valence-corrected chi connectivity index (χ4v) is 1.87. The normalized spacial score (nSPS) is 16.9. The first kappa shape index (κ1) is 20.8. The molecule has 0 aliphatic carbocycles. The van der Waals surface area contributed by atoms with Gasteiger partial charge in [0.05, 0.1) is 12.6 Å². The second-order valence-corrected chi connectivity index (χ2v) is 4.34. The minimum Gasteiger partial charge on any atom is -0.355 e. The van der Waals surface area contributed by atoms with Gasteiger partial charge in [0.15, 0.2) is 0 Å². The summed E-state index contributed by atoms with van der Waals surface area (Å²) in [5.41, 5.74) is 5.55. The third-order valence-corrected chi connectivity index (χ3v) is 2.81. The van der Waals surface area contributed by atoms with Crippen molar-refractivity contribution in [3.63, 3.8) is 0 Å². The van der Waals surface area contributed by atoms with E-state index in [2.05, 4.69) is 10.2 Å². The number of amides is 2. The number of rotatable bonds is 4. The summed E-state index contributed by atoms with van der Waals surface area (Å²) >= 11 is 0. The van der Waals surface area contributed by atoms with Gasteiger partial charge in [0.25, 0.3) is 0 Å². The predicted octanol–water partition coefficient (Wildman–Crippen LogP) is -0.542. The van der Waals surface area contributed by atoms with Crippen molar-refractivity contribution in [1.82, 2.24) is 15.1 Å². The molecule has 0 bridgehead atoms. The number of likely N-dealkylation sites (N-methyl/N-ethyl adjacent to an activating group) is 1. The highest BCUT2D eigenvalue weighted by molar-refractivity contribution is 5.85. The van der Waals surface area contributed by atoms with E-state index in [0.29, 0.717) is 26.2 Å². The molecule has 3 N–H and O–H groups in total. The monoisotopic (exact) mass is 314 g/mol. The first-order valence-electron chi connectivity index (χ1n) is 6.08. The summed E-state index contributed by atoms with van der Waals surface area (Å²) in [5.74, 6) is 0.0297. The molecular weight excluding hydrogens is 291 g/mol. The van der Waals surface area contributed by atoms with E-state index in [9.17, 15) is 9.59 Å². The summed E-state index contributed by atoms with van der Waals surface area (Å²) in [4.78, 5) is 26.8. The maximum atomic E-state index is 11.6. The standard InChI is InChI=1S/C11H22N4O2.2ClH/c1-3-13-10(16)8-14-4-6-15(7-5-14)11(17)9(2)12;;/h9H,3-8,12H2,1-2H3,(H,13,16);2*1H/t9-;;/m0../s1. The van der Waals surface area contributed by atoms with Crippen LogP contribution in [0.15, 0.2) is 0 Å². The van der Waals surface area contributed by atoms with E-state index < -0.39 is 6.04 Å². The van der Waals surface area contributed by atoms with Crippen molar-refractivity contribution in [1.29, 1.82) is 0 Å². The Labute approximate surface area is 126 Å². The second kappa shape index (κ2) is 10.3. The Morgan fingerprint density at radius 1 is 1.21 bits per heavy atom. The Morgan fingerprint density at radius 2 is 1.74 bits per heavy atom. The number of nitrogens with two attached hydrogens (primary N) is 1. The Kier molecular flexibility index (Phi) is 11.2. The minimum absolute atomic E-state index is 0. The van der Waals surface area contributed by atoms with Gasteiger partial charge in [-0.3, -0.25) is 14.5 Å². The molecule has 1 aliphatic heterocycles. The molecule has 2 amide bonds. The first-order chi connectivity index (χ1) is 8.04. The fourth-order valence-electron chi connectivity index (χ4n) is 1.87. The maximum Gasteiger partial charge on any atom is 0.239 e. The SMILES string of the molecule is CCNC(=O)CN1CCN(C(=O)[C@H](C)N)CC1.Cl.Cl. The molecule has 1 aliphatic rings. The number of halogens is 2. The van der Waals surface area contributed by atoms with Crippen LogP contribution in [-0.4, -0.2) is 66.9 Å². The molecule has 0 aromatic carbocycles. The highest BCUT2D eigenvalue weighted by Crippen LogP contribution is 2.02. The van der Waals surface area contributed by atoms with E-state index in [0.717, 1.165) is 13.1 Å². The minimum atomic E-state index is -0.440. The van der Waals surface area contributed by atoms with Crippen LogP contribution in [0.25, 0.3) is 0 Å². The van der Waals surface area contributed by atoms with Crippen molar-refractivity contribution >= 4 is 36.6 Å². The zero-order chi connectivity index (χ0) is 12.8. The van der Waals surface area contributed by atoms with Crippen molar-refractivity contribution in [2.45, 2.75) is 19.9 Å². The Bertz CT molecular complexity index is 282. The largest absolute Gasteiger partial charge is 0.355 e. The lowest BCUT2D eigenvalue weighted by Crippen LogP contribution is -2.54. The molecule has 0 aromatic heterocycles. The Balaban J connectivity index is 0. The second-order valence-electron chi connectivity index (χ2n) is 4.34. The van der Waals surface area contributed by atoms with Crippen LogP contribution in [0.1, 0.15) is 13.8 Å². The van der Waals surface area contributed by atoms with Gasteiger partial charge in [-0.2, -0.15) is 0 Å². The number of carbonyl (C=O) groups excluding carboxylic acids is 2. The van der Waals surface area contributed by atoms with Gasteiger partial charge < -0.3 is 16.0 Å². The number of carbonyl (C=O) groups is 2. The van der Waals surface area contributed by atoms with Gasteiger partial charge >= 0.3 is 0 Å². The molecule has 114 valence electrons. The van der Waals surface area contributed by atoms with Crippen LogP contribution in [0.2, 0.25) is 0 Å². The van der Waals surface area contributed by atoms with Gasteiger partial charge in [-0.1, -0.05) is 0 Å². The Hall–Kier alpha value is -0.560. The van der Waals surface area contributed by atoms with Crippen LogP contribution >= 0.6 is 24.8 Å². The Morgan fingerprint density at radius 3 is 2.16 bits per heavy atom. The van der Waals surface area contributed by atoms with Crippen LogP contribution < -0.4 is 11.1 Å². The molecule has 6 nitrogen and oxygen atoms in total. The molecule has 0 radical (unpaired) electrons. The van der Waals surface area contributed by atoms with Gasteiger partial charge in [-0.15, -0.1) is 24.8 Å². The van der Waals surface area contributed by atoms with E-state index in [1.54, 1.807) is 11.8 Å². The van der Waals surface area contributed by atoms with E-state index in [-0.39, 0.29) is 36.6 Å². The molecule has 0 saturated carbocycles. The third kappa shape index (κ3) is 6.96.